The maximum atomic E-state index is 12.0. The molecular formula is C17H26N2O4. The topological polar surface area (TPSA) is 76.7 Å². The summed E-state index contributed by atoms with van der Waals surface area (Å²) in [7, 11) is 0. The highest BCUT2D eigenvalue weighted by atomic mass is 16.6. The van der Waals surface area contributed by atoms with Crippen LogP contribution in [0.1, 0.15) is 39.7 Å². The van der Waals surface area contributed by atoms with Gasteiger partial charge in [0.25, 0.3) is 0 Å². The van der Waals surface area contributed by atoms with E-state index in [0.29, 0.717) is 12.8 Å². The van der Waals surface area contributed by atoms with Crippen LogP contribution in [0.2, 0.25) is 0 Å². The molecule has 6 nitrogen and oxygen atoms in total. The first kappa shape index (κ1) is 19.0. The Bertz CT molecular complexity index is 497. The summed E-state index contributed by atoms with van der Waals surface area (Å²) in [6, 6.07) is 9.17. The number of nitrogens with one attached hydrogen (secondary N) is 2. The normalized spacial score (nSPS) is 12.3. The van der Waals surface area contributed by atoms with Crippen LogP contribution < -0.4 is 10.9 Å². The third-order valence-corrected chi connectivity index (χ3v) is 2.88. The Hall–Kier alpha value is -2.08. The van der Waals surface area contributed by atoms with Gasteiger partial charge in [0.2, 0.25) is 0 Å². The molecular weight excluding hydrogens is 296 g/mol. The van der Waals surface area contributed by atoms with Gasteiger partial charge >= 0.3 is 12.1 Å². The lowest BCUT2D eigenvalue weighted by molar-refractivity contribution is -0.146. The molecule has 0 aliphatic rings. The van der Waals surface area contributed by atoms with Gasteiger partial charge in [-0.3, -0.25) is 10.2 Å². The zero-order valence-corrected chi connectivity index (χ0v) is 14.2. The van der Waals surface area contributed by atoms with E-state index < -0.39 is 23.7 Å². The fraction of sp³-hybridized carbons (Fsp3) is 0.529. The van der Waals surface area contributed by atoms with Gasteiger partial charge in [-0.25, -0.2) is 10.2 Å². The van der Waals surface area contributed by atoms with Crippen LogP contribution in [0, 0.1) is 0 Å². The van der Waals surface area contributed by atoms with Crippen LogP contribution >= 0.6 is 0 Å². The zero-order chi connectivity index (χ0) is 17.3. The van der Waals surface area contributed by atoms with E-state index in [2.05, 4.69) is 10.9 Å². The number of hydrogen-bond acceptors (Lipinski definition) is 5. The number of ether oxygens (including phenoxy) is 2. The first-order valence-corrected chi connectivity index (χ1v) is 7.77. The molecule has 0 aromatic heterocycles. The Labute approximate surface area is 137 Å². The van der Waals surface area contributed by atoms with Crippen molar-refractivity contribution in [2.24, 2.45) is 0 Å². The molecule has 1 aromatic rings. The molecule has 1 rings (SSSR count). The van der Waals surface area contributed by atoms with E-state index in [1.165, 1.54) is 0 Å². The van der Waals surface area contributed by atoms with Crippen molar-refractivity contribution >= 4 is 12.1 Å². The summed E-state index contributed by atoms with van der Waals surface area (Å²) >= 11 is 0. The summed E-state index contributed by atoms with van der Waals surface area (Å²) < 4.78 is 10.2. The molecule has 0 saturated carbocycles. The van der Waals surface area contributed by atoms with Crippen molar-refractivity contribution in [3.8, 4) is 0 Å². The first-order valence-electron chi connectivity index (χ1n) is 7.77. The number of aryl methyl sites for hydroxylation is 1. The predicted octanol–water partition coefficient (Wildman–Crippen LogP) is 2.58. The molecule has 23 heavy (non-hydrogen) atoms. The summed E-state index contributed by atoms with van der Waals surface area (Å²) in [4.78, 5) is 23.7. The van der Waals surface area contributed by atoms with E-state index in [-0.39, 0.29) is 6.61 Å². The van der Waals surface area contributed by atoms with Gasteiger partial charge in [-0.05, 0) is 46.1 Å². The van der Waals surface area contributed by atoms with Gasteiger partial charge < -0.3 is 9.47 Å². The fourth-order valence-electron chi connectivity index (χ4n) is 1.90. The minimum Gasteiger partial charge on any atom is -0.465 e. The summed E-state index contributed by atoms with van der Waals surface area (Å²) in [5.41, 5.74) is 5.61. The van der Waals surface area contributed by atoms with E-state index in [1.807, 2.05) is 30.3 Å². The van der Waals surface area contributed by atoms with Crippen molar-refractivity contribution in [2.45, 2.75) is 52.2 Å². The van der Waals surface area contributed by atoms with Crippen molar-refractivity contribution in [2.75, 3.05) is 6.61 Å². The first-order chi connectivity index (χ1) is 10.8. The summed E-state index contributed by atoms with van der Waals surface area (Å²) in [6.45, 7) is 7.34. The van der Waals surface area contributed by atoms with Crippen molar-refractivity contribution in [3.05, 3.63) is 35.9 Å². The van der Waals surface area contributed by atoms with E-state index >= 15 is 0 Å². The molecule has 1 atom stereocenters. The summed E-state index contributed by atoms with van der Waals surface area (Å²) in [5, 5.41) is 0. The second-order valence-corrected chi connectivity index (χ2v) is 6.10. The van der Waals surface area contributed by atoms with Crippen LogP contribution in [-0.2, 0) is 20.7 Å². The second kappa shape index (κ2) is 9.15. The van der Waals surface area contributed by atoms with Gasteiger partial charge in [-0.1, -0.05) is 30.3 Å². The van der Waals surface area contributed by atoms with Gasteiger partial charge in [0.1, 0.15) is 11.6 Å². The predicted molar refractivity (Wildman–Crippen MR) is 87.7 cm³/mol. The highest BCUT2D eigenvalue weighted by Gasteiger charge is 2.22. The molecule has 6 heteroatoms. The number of hydrazine groups is 1. The monoisotopic (exact) mass is 322 g/mol. The Kier molecular flexibility index (Phi) is 7.54. The van der Waals surface area contributed by atoms with Gasteiger partial charge in [0, 0.05) is 0 Å². The maximum absolute atomic E-state index is 12.0. The van der Waals surface area contributed by atoms with Gasteiger partial charge in [-0.15, -0.1) is 0 Å². The Morgan fingerprint density at radius 3 is 2.39 bits per heavy atom. The van der Waals surface area contributed by atoms with E-state index in [9.17, 15) is 9.59 Å². The average Bonchev–Trinajstić information content (AvgIpc) is 2.46. The molecule has 0 unspecified atom stereocenters. The lowest BCUT2D eigenvalue weighted by Crippen LogP contribution is -2.50. The van der Waals surface area contributed by atoms with Gasteiger partial charge in [0.15, 0.2) is 0 Å². The minimum atomic E-state index is -0.636. The Balaban J connectivity index is 2.55. The lowest BCUT2D eigenvalue weighted by atomic mass is 10.1. The summed E-state index contributed by atoms with van der Waals surface area (Å²) in [5.74, 6) is -0.403. The molecule has 1 amide bonds. The molecule has 0 heterocycles. The Morgan fingerprint density at radius 1 is 1.17 bits per heavy atom. The molecule has 0 bridgehead atoms. The molecule has 2 N–H and O–H groups in total. The van der Waals surface area contributed by atoms with Crippen molar-refractivity contribution in [1.29, 1.82) is 0 Å². The molecule has 0 radical (unpaired) electrons. The average molecular weight is 322 g/mol. The number of carbonyl (C=O) groups is 2. The number of carbonyl (C=O) groups excluding carboxylic acids is 2. The van der Waals surface area contributed by atoms with Crippen LogP contribution in [0.4, 0.5) is 4.79 Å². The van der Waals surface area contributed by atoms with Gasteiger partial charge in [0.05, 0.1) is 6.61 Å². The third kappa shape index (κ3) is 8.21. The standard InChI is InChI=1S/C17H26N2O4/c1-5-22-15(20)14(12-11-13-9-7-6-8-10-13)18-19-16(21)23-17(2,3)4/h6-10,14,18H,5,11-12H2,1-4H3,(H,19,21)/t14-/m1/s1. The van der Waals surface area contributed by atoms with Gasteiger partial charge in [-0.2, -0.15) is 0 Å². The molecule has 128 valence electrons. The second-order valence-electron chi connectivity index (χ2n) is 6.10. The van der Waals surface area contributed by atoms with Crippen LogP contribution in [0.15, 0.2) is 30.3 Å². The molecule has 0 saturated heterocycles. The molecule has 0 spiro atoms. The van der Waals surface area contributed by atoms with Crippen LogP contribution in [0.3, 0.4) is 0 Å². The minimum absolute atomic E-state index is 0.286. The molecule has 1 aromatic carbocycles. The third-order valence-electron chi connectivity index (χ3n) is 2.88. The maximum Gasteiger partial charge on any atom is 0.422 e. The van der Waals surface area contributed by atoms with E-state index in [1.54, 1.807) is 27.7 Å². The number of amides is 1. The largest absolute Gasteiger partial charge is 0.465 e. The quantitative estimate of drug-likeness (QED) is 0.596. The van der Waals surface area contributed by atoms with E-state index in [4.69, 9.17) is 9.47 Å². The number of benzene rings is 1. The fourth-order valence-corrected chi connectivity index (χ4v) is 1.90. The van der Waals surface area contributed by atoms with Crippen LogP contribution in [-0.4, -0.2) is 30.3 Å². The highest BCUT2D eigenvalue weighted by molar-refractivity contribution is 5.76. The van der Waals surface area contributed by atoms with Crippen molar-refractivity contribution in [3.63, 3.8) is 0 Å². The summed E-state index contributed by atoms with van der Waals surface area (Å²) in [6.07, 6.45) is 0.554. The molecule has 0 aliphatic heterocycles. The lowest BCUT2D eigenvalue weighted by Gasteiger charge is -2.22. The number of hydrogen-bond donors (Lipinski definition) is 2. The molecule has 0 aliphatic carbocycles. The highest BCUT2D eigenvalue weighted by Crippen LogP contribution is 2.08. The van der Waals surface area contributed by atoms with E-state index in [0.717, 1.165) is 5.56 Å². The van der Waals surface area contributed by atoms with Crippen LogP contribution in [0.25, 0.3) is 0 Å². The smallest absolute Gasteiger partial charge is 0.422 e. The van der Waals surface area contributed by atoms with Crippen LogP contribution in [0.5, 0.6) is 0 Å². The SMILES string of the molecule is CCOC(=O)[C@@H](CCc1ccccc1)NNC(=O)OC(C)(C)C. The molecule has 0 fully saturated rings. The number of rotatable bonds is 7. The van der Waals surface area contributed by atoms with Crippen molar-refractivity contribution < 1.29 is 19.1 Å². The zero-order valence-electron chi connectivity index (χ0n) is 14.2. The number of esters is 1. The van der Waals surface area contributed by atoms with Crippen molar-refractivity contribution in [1.82, 2.24) is 10.9 Å². The Morgan fingerprint density at radius 2 is 1.83 bits per heavy atom.